The highest BCUT2D eigenvalue weighted by Gasteiger charge is 2.07. The molecule has 1 aromatic heterocycles. The van der Waals surface area contributed by atoms with Gasteiger partial charge in [-0.15, -0.1) is 0 Å². The van der Waals surface area contributed by atoms with Crippen molar-refractivity contribution in [3.8, 4) is 28.3 Å². The van der Waals surface area contributed by atoms with Crippen LogP contribution in [0.15, 0.2) is 53.3 Å². The molecule has 0 unspecified atom stereocenters. The number of aromatic nitrogens is 2. The molecule has 0 radical (unpaired) electrons. The van der Waals surface area contributed by atoms with Gasteiger partial charge in [0, 0.05) is 5.56 Å². The molecule has 1 heterocycles. The molecule has 3 rings (SSSR count). The fourth-order valence-electron chi connectivity index (χ4n) is 2.39. The molecule has 2 aromatic carbocycles. The largest absolute Gasteiger partial charge is 0.508 e. The Hall–Kier alpha value is -2.88. The summed E-state index contributed by atoms with van der Waals surface area (Å²) in [6.07, 6.45) is 0. The van der Waals surface area contributed by atoms with Gasteiger partial charge in [0.05, 0.1) is 11.4 Å². The van der Waals surface area contributed by atoms with Crippen LogP contribution >= 0.6 is 0 Å². The summed E-state index contributed by atoms with van der Waals surface area (Å²) < 4.78 is 0. The first-order valence-corrected chi connectivity index (χ1v) is 7.01. The Labute approximate surface area is 128 Å². The summed E-state index contributed by atoms with van der Waals surface area (Å²) in [5.74, 6) is 0.235. The van der Waals surface area contributed by atoms with Gasteiger partial charge in [-0.1, -0.05) is 23.8 Å². The van der Waals surface area contributed by atoms with Crippen molar-refractivity contribution in [1.29, 1.82) is 0 Å². The predicted octanol–water partition coefficient (Wildman–Crippen LogP) is 3.43. The highest BCUT2D eigenvalue weighted by atomic mass is 16.3. The Morgan fingerprint density at radius 1 is 1.00 bits per heavy atom. The van der Waals surface area contributed by atoms with Crippen LogP contribution in [0.25, 0.3) is 22.5 Å². The average Bonchev–Trinajstić information content (AvgIpc) is 2.49. The molecule has 0 aliphatic rings. The Morgan fingerprint density at radius 2 is 1.82 bits per heavy atom. The van der Waals surface area contributed by atoms with Crippen molar-refractivity contribution < 1.29 is 5.11 Å². The van der Waals surface area contributed by atoms with E-state index in [0.29, 0.717) is 11.4 Å². The highest BCUT2D eigenvalue weighted by Crippen LogP contribution is 2.26. The summed E-state index contributed by atoms with van der Waals surface area (Å²) in [4.78, 5) is 18.7. The maximum Gasteiger partial charge on any atom is 0.345 e. The van der Waals surface area contributed by atoms with E-state index in [1.807, 2.05) is 50.2 Å². The predicted molar refractivity (Wildman–Crippen MR) is 86.9 cm³/mol. The lowest BCUT2D eigenvalue weighted by Gasteiger charge is -2.07. The second kappa shape index (κ2) is 5.48. The van der Waals surface area contributed by atoms with E-state index in [0.717, 1.165) is 22.3 Å². The number of nitrogens with one attached hydrogen (secondary N) is 1. The van der Waals surface area contributed by atoms with Crippen LogP contribution in [0.3, 0.4) is 0 Å². The van der Waals surface area contributed by atoms with Crippen LogP contribution in [0.5, 0.6) is 5.75 Å². The van der Waals surface area contributed by atoms with E-state index in [1.165, 1.54) is 0 Å². The van der Waals surface area contributed by atoms with Crippen LogP contribution < -0.4 is 5.69 Å². The fourth-order valence-corrected chi connectivity index (χ4v) is 2.39. The van der Waals surface area contributed by atoms with Gasteiger partial charge in [-0.3, -0.25) is 0 Å². The van der Waals surface area contributed by atoms with Crippen molar-refractivity contribution in [3.05, 3.63) is 70.1 Å². The first kappa shape index (κ1) is 14.1. The summed E-state index contributed by atoms with van der Waals surface area (Å²) in [5.41, 5.74) is 4.54. The van der Waals surface area contributed by atoms with Gasteiger partial charge in [-0.2, -0.15) is 4.98 Å². The first-order chi connectivity index (χ1) is 10.5. The third-order valence-electron chi connectivity index (χ3n) is 3.57. The lowest BCUT2D eigenvalue weighted by Crippen LogP contribution is -2.12. The van der Waals surface area contributed by atoms with E-state index in [-0.39, 0.29) is 11.4 Å². The molecule has 0 aliphatic carbocycles. The number of aromatic amines is 1. The van der Waals surface area contributed by atoms with Gasteiger partial charge in [0.2, 0.25) is 0 Å². The molecule has 2 N–H and O–H groups in total. The standard InChI is InChI=1S/C18H16N2O2/c1-11-4-3-5-13(8-11)15-10-16(20-18(22)19-15)14-6-7-17(21)12(2)9-14/h3-10,21H,1-2H3,(H,19,20,22). The van der Waals surface area contributed by atoms with Crippen LogP contribution in [-0.2, 0) is 0 Å². The Morgan fingerprint density at radius 3 is 2.55 bits per heavy atom. The van der Waals surface area contributed by atoms with E-state index < -0.39 is 0 Å². The maximum absolute atomic E-state index is 11.9. The van der Waals surface area contributed by atoms with Gasteiger partial charge in [-0.25, -0.2) is 4.79 Å². The number of hydrogen-bond acceptors (Lipinski definition) is 3. The minimum Gasteiger partial charge on any atom is -0.508 e. The van der Waals surface area contributed by atoms with Crippen LogP contribution in [0.2, 0.25) is 0 Å². The van der Waals surface area contributed by atoms with E-state index in [9.17, 15) is 9.90 Å². The zero-order valence-corrected chi connectivity index (χ0v) is 12.4. The molecule has 110 valence electrons. The summed E-state index contributed by atoms with van der Waals surface area (Å²) >= 11 is 0. The normalized spacial score (nSPS) is 10.6. The minimum absolute atomic E-state index is 0.235. The monoisotopic (exact) mass is 292 g/mol. The van der Waals surface area contributed by atoms with E-state index >= 15 is 0 Å². The van der Waals surface area contributed by atoms with Crippen LogP contribution in [0.4, 0.5) is 0 Å². The molecule has 4 heteroatoms. The molecule has 0 saturated carbocycles. The van der Waals surface area contributed by atoms with Crippen LogP contribution in [-0.4, -0.2) is 15.1 Å². The number of phenols is 1. The third-order valence-corrected chi connectivity index (χ3v) is 3.57. The molecule has 4 nitrogen and oxygen atoms in total. The maximum atomic E-state index is 11.9. The zero-order chi connectivity index (χ0) is 15.7. The van der Waals surface area contributed by atoms with Crippen LogP contribution in [0, 0.1) is 13.8 Å². The first-order valence-electron chi connectivity index (χ1n) is 7.01. The molecule has 0 bridgehead atoms. The quantitative estimate of drug-likeness (QED) is 0.760. The van der Waals surface area contributed by atoms with Gasteiger partial charge in [0.15, 0.2) is 0 Å². The highest BCUT2D eigenvalue weighted by molar-refractivity contribution is 5.68. The van der Waals surface area contributed by atoms with E-state index in [2.05, 4.69) is 9.97 Å². The van der Waals surface area contributed by atoms with Gasteiger partial charge >= 0.3 is 5.69 Å². The molecule has 0 spiro atoms. The molecular formula is C18H16N2O2. The number of aryl methyl sites for hydroxylation is 2. The Balaban J connectivity index is 2.14. The number of aromatic hydroxyl groups is 1. The average molecular weight is 292 g/mol. The van der Waals surface area contributed by atoms with Crippen molar-refractivity contribution in [2.45, 2.75) is 13.8 Å². The van der Waals surface area contributed by atoms with Gasteiger partial charge < -0.3 is 10.1 Å². The Kier molecular flexibility index (Phi) is 3.51. The molecule has 0 saturated heterocycles. The van der Waals surface area contributed by atoms with Gasteiger partial charge in [0.25, 0.3) is 0 Å². The lowest BCUT2D eigenvalue weighted by atomic mass is 10.0. The van der Waals surface area contributed by atoms with Crippen molar-refractivity contribution in [1.82, 2.24) is 9.97 Å². The van der Waals surface area contributed by atoms with Crippen molar-refractivity contribution >= 4 is 0 Å². The fraction of sp³-hybridized carbons (Fsp3) is 0.111. The van der Waals surface area contributed by atoms with E-state index in [1.54, 1.807) is 12.1 Å². The van der Waals surface area contributed by atoms with Crippen molar-refractivity contribution in [3.63, 3.8) is 0 Å². The molecule has 22 heavy (non-hydrogen) atoms. The van der Waals surface area contributed by atoms with E-state index in [4.69, 9.17) is 0 Å². The second-order valence-corrected chi connectivity index (χ2v) is 5.36. The number of rotatable bonds is 2. The molecule has 0 aliphatic heterocycles. The topological polar surface area (TPSA) is 66.0 Å². The third kappa shape index (κ3) is 2.76. The summed E-state index contributed by atoms with van der Waals surface area (Å²) in [6.45, 7) is 3.82. The lowest BCUT2D eigenvalue weighted by molar-refractivity contribution is 0.471. The molecule has 0 atom stereocenters. The number of hydrogen-bond donors (Lipinski definition) is 2. The number of H-pyrrole nitrogens is 1. The number of nitrogens with zero attached hydrogens (tertiary/aromatic N) is 1. The smallest absolute Gasteiger partial charge is 0.345 e. The number of phenolic OH excluding ortho intramolecular Hbond substituents is 1. The number of benzene rings is 2. The summed E-state index contributed by atoms with van der Waals surface area (Å²) in [5, 5.41) is 9.62. The molecule has 3 aromatic rings. The van der Waals surface area contributed by atoms with Crippen molar-refractivity contribution in [2.24, 2.45) is 0 Å². The molecule has 0 fully saturated rings. The second-order valence-electron chi connectivity index (χ2n) is 5.36. The molecule has 0 amide bonds. The SMILES string of the molecule is Cc1cccc(-c2cc(-c3ccc(O)c(C)c3)[nH]c(=O)n2)c1. The Bertz CT molecular complexity index is 898. The van der Waals surface area contributed by atoms with Gasteiger partial charge in [-0.05, 0) is 55.3 Å². The van der Waals surface area contributed by atoms with Crippen LogP contribution in [0.1, 0.15) is 11.1 Å². The molecular weight excluding hydrogens is 276 g/mol. The zero-order valence-electron chi connectivity index (χ0n) is 12.4. The summed E-state index contributed by atoms with van der Waals surface area (Å²) in [6, 6.07) is 14.9. The minimum atomic E-state index is -0.389. The van der Waals surface area contributed by atoms with Crippen molar-refractivity contribution in [2.75, 3.05) is 0 Å². The summed E-state index contributed by atoms with van der Waals surface area (Å²) in [7, 11) is 0. The van der Waals surface area contributed by atoms with Gasteiger partial charge in [0.1, 0.15) is 5.75 Å².